The Labute approximate surface area is 88.6 Å². The molecule has 14 heavy (non-hydrogen) atoms. The number of ether oxygens (including phenoxy) is 1. The predicted octanol–water partition coefficient (Wildman–Crippen LogP) is 2.34. The van der Waals surface area contributed by atoms with Gasteiger partial charge in [0, 0.05) is 20.2 Å². The van der Waals surface area contributed by atoms with Crippen LogP contribution >= 0.6 is 11.6 Å². The lowest BCUT2D eigenvalue weighted by Gasteiger charge is -2.17. The first-order valence-electron chi connectivity index (χ1n) is 4.66. The number of nitrogens with zero attached hydrogens (tertiary/aromatic N) is 2. The van der Waals surface area contributed by atoms with Crippen molar-refractivity contribution >= 4 is 17.3 Å². The van der Waals surface area contributed by atoms with Gasteiger partial charge in [-0.1, -0.05) is 11.6 Å². The van der Waals surface area contributed by atoms with Gasteiger partial charge in [0.05, 0.1) is 18.0 Å². The molecule has 0 bridgehead atoms. The summed E-state index contributed by atoms with van der Waals surface area (Å²) in [7, 11) is 3.93. The Morgan fingerprint density at radius 1 is 1.50 bits per heavy atom. The summed E-state index contributed by atoms with van der Waals surface area (Å²) in [6, 6.07) is 1.82. The SMILES string of the molecule is CN(C)c1cc(Cl)ncc1OC1CC1. The number of anilines is 1. The van der Waals surface area contributed by atoms with Gasteiger partial charge in [0.2, 0.25) is 0 Å². The Morgan fingerprint density at radius 2 is 2.21 bits per heavy atom. The van der Waals surface area contributed by atoms with Crippen LogP contribution in [0.25, 0.3) is 0 Å². The zero-order chi connectivity index (χ0) is 10.1. The van der Waals surface area contributed by atoms with E-state index in [-0.39, 0.29) is 0 Å². The van der Waals surface area contributed by atoms with Crippen molar-refractivity contribution in [1.82, 2.24) is 4.98 Å². The van der Waals surface area contributed by atoms with Crippen LogP contribution in [0.4, 0.5) is 5.69 Å². The number of aromatic nitrogens is 1. The molecule has 1 heterocycles. The maximum absolute atomic E-state index is 5.82. The summed E-state index contributed by atoms with van der Waals surface area (Å²) in [6.07, 6.45) is 4.37. The third kappa shape index (κ3) is 2.10. The maximum atomic E-state index is 5.82. The number of rotatable bonds is 3. The van der Waals surface area contributed by atoms with E-state index >= 15 is 0 Å². The van der Waals surface area contributed by atoms with E-state index in [0.29, 0.717) is 11.3 Å². The fourth-order valence-corrected chi connectivity index (χ4v) is 1.37. The second-order valence-corrected chi connectivity index (χ2v) is 4.07. The van der Waals surface area contributed by atoms with Crippen LogP contribution in [0, 0.1) is 0 Å². The Morgan fingerprint density at radius 3 is 2.79 bits per heavy atom. The van der Waals surface area contributed by atoms with Crippen molar-refractivity contribution < 1.29 is 4.74 Å². The van der Waals surface area contributed by atoms with Crippen LogP contribution < -0.4 is 9.64 Å². The highest BCUT2D eigenvalue weighted by molar-refractivity contribution is 6.29. The van der Waals surface area contributed by atoms with Crippen LogP contribution in [0.2, 0.25) is 5.15 Å². The summed E-state index contributed by atoms with van der Waals surface area (Å²) >= 11 is 5.82. The lowest BCUT2D eigenvalue weighted by Crippen LogP contribution is -2.11. The quantitative estimate of drug-likeness (QED) is 0.720. The van der Waals surface area contributed by atoms with E-state index in [1.165, 1.54) is 0 Å². The number of halogens is 1. The minimum Gasteiger partial charge on any atom is -0.487 e. The molecule has 0 aromatic carbocycles. The van der Waals surface area contributed by atoms with Gasteiger partial charge in [0.15, 0.2) is 5.75 Å². The Hall–Kier alpha value is -0.960. The first-order valence-corrected chi connectivity index (χ1v) is 5.04. The average molecular weight is 213 g/mol. The molecular weight excluding hydrogens is 200 g/mol. The molecule has 1 saturated carbocycles. The molecule has 0 atom stereocenters. The predicted molar refractivity (Wildman–Crippen MR) is 57.2 cm³/mol. The molecule has 3 nitrogen and oxygen atoms in total. The molecule has 0 spiro atoms. The van der Waals surface area contributed by atoms with Crippen molar-refractivity contribution in [1.29, 1.82) is 0 Å². The van der Waals surface area contributed by atoms with E-state index in [0.717, 1.165) is 24.3 Å². The third-order valence-electron chi connectivity index (χ3n) is 2.11. The van der Waals surface area contributed by atoms with Crippen molar-refractivity contribution in [3.63, 3.8) is 0 Å². The summed E-state index contributed by atoms with van der Waals surface area (Å²) in [5.41, 5.74) is 0.983. The Bertz CT molecular complexity index is 337. The smallest absolute Gasteiger partial charge is 0.161 e. The van der Waals surface area contributed by atoms with Gasteiger partial charge in [0.25, 0.3) is 0 Å². The summed E-state index contributed by atoms with van der Waals surface area (Å²) in [6.45, 7) is 0. The minimum absolute atomic E-state index is 0.386. The lowest BCUT2D eigenvalue weighted by molar-refractivity contribution is 0.303. The normalized spacial score (nSPS) is 15.4. The van der Waals surface area contributed by atoms with Gasteiger partial charge in [-0.05, 0) is 12.8 Å². The summed E-state index contributed by atoms with van der Waals surface area (Å²) < 4.78 is 5.71. The standard InChI is InChI=1S/C10H13ClN2O/c1-13(2)8-5-10(11)12-6-9(8)14-7-3-4-7/h5-7H,3-4H2,1-2H3. The molecule has 1 aromatic rings. The number of pyridine rings is 1. The first-order chi connectivity index (χ1) is 6.66. The van der Waals surface area contributed by atoms with Gasteiger partial charge in [-0.15, -0.1) is 0 Å². The second kappa shape index (κ2) is 3.65. The van der Waals surface area contributed by atoms with Crippen molar-refractivity contribution in [2.24, 2.45) is 0 Å². The highest BCUT2D eigenvalue weighted by Crippen LogP contribution is 2.33. The topological polar surface area (TPSA) is 25.4 Å². The van der Waals surface area contributed by atoms with Crippen molar-refractivity contribution in [3.05, 3.63) is 17.4 Å². The van der Waals surface area contributed by atoms with Gasteiger partial charge < -0.3 is 9.64 Å². The number of hydrogen-bond donors (Lipinski definition) is 0. The van der Waals surface area contributed by atoms with Crippen LogP contribution in [-0.4, -0.2) is 25.2 Å². The largest absolute Gasteiger partial charge is 0.487 e. The van der Waals surface area contributed by atoms with Gasteiger partial charge in [0.1, 0.15) is 5.15 Å². The monoisotopic (exact) mass is 212 g/mol. The summed E-state index contributed by atoms with van der Waals surface area (Å²) in [5.74, 6) is 0.821. The van der Waals surface area contributed by atoms with Gasteiger partial charge in [-0.2, -0.15) is 0 Å². The molecule has 0 unspecified atom stereocenters. The van der Waals surface area contributed by atoms with E-state index in [9.17, 15) is 0 Å². The second-order valence-electron chi connectivity index (χ2n) is 3.69. The molecule has 1 aromatic heterocycles. The van der Waals surface area contributed by atoms with E-state index in [1.54, 1.807) is 6.20 Å². The highest BCUT2D eigenvalue weighted by Gasteiger charge is 2.25. The van der Waals surface area contributed by atoms with Gasteiger partial charge in [-0.25, -0.2) is 4.98 Å². The first kappa shape index (κ1) is 9.59. The van der Waals surface area contributed by atoms with Crippen molar-refractivity contribution in [2.45, 2.75) is 18.9 Å². The molecule has 1 aliphatic carbocycles. The molecule has 76 valence electrons. The molecule has 0 N–H and O–H groups in total. The zero-order valence-electron chi connectivity index (χ0n) is 8.33. The van der Waals surface area contributed by atoms with Crippen LogP contribution in [0.5, 0.6) is 5.75 Å². The Balaban J connectivity index is 2.26. The molecule has 4 heteroatoms. The van der Waals surface area contributed by atoms with E-state index in [2.05, 4.69) is 4.98 Å². The zero-order valence-corrected chi connectivity index (χ0v) is 9.08. The molecule has 2 rings (SSSR count). The van der Waals surface area contributed by atoms with E-state index in [1.807, 2.05) is 25.1 Å². The van der Waals surface area contributed by atoms with E-state index in [4.69, 9.17) is 16.3 Å². The van der Waals surface area contributed by atoms with Crippen LogP contribution in [-0.2, 0) is 0 Å². The maximum Gasteiger partial charge on any atom is 0.161 e. The van der Waals surface area contributed by atoms with Crippen molar-refractivity contribution in [3.8, 4) is 5.75 Å². The van der Waals surface area contributed by atoms with Crippen LogP contribution in [0.15, 0.2) is 12.3 Å². The Kier molecular flexibility index (Phi) is 2.50. The van der Waals surface area contributed by atoms with Crippen LogP contribution in [0.3, 0.4) is 0 Å². The molecule has 1 aliphatic rings. The minimum atomic E-state index is 0.386. The molecular formula is C10H13ClN2O. The van der Waals surface area contributed by atoms with Gasteiger partial charge >= 0.3 is 0 Å². The lowest BCUT2D eigenvalue weighted by atomic mass is 10.3. The summed E-state index contributed by atoms with van der Waals surface area (Å²) in [5, 5.41) is 0.497. The average Bonchev–Trinajstić information content (AvgIpc) is 2.91. The number of hydrogen-bond acceptors (Lipinski definition) is 3. The molecule has 1 fully saturated rings. The molecule has 0 saturated heterocycles. The molecule has 0 radical (unpaired) electrons. The molecule has 0 amide bonds. The fraction of sp³-hybridized carbons (Fsp3) is 0.500. The fourth-order valence-electron chi connectivity index (χ4n) is 1.21. The van der Waals surface area contributed by atoms with Crippen LogP contribution in [0.1, 0.15) is 12.8 Å². The van der Waals surface area contributed by atoms with Gasteiger partial charge in [-0.3, -0.25) is 0 Å². The third-order valence-corrected chi connectivity index (χ3v) is 2.32. The molecule has 0 aliphatic heterocycles. The highest BCUT2D eigenvalue weighted by atomic mass is 35.5. The summed E-state index contributed by atoms with van der Waals surface area (Å²) in [4.78, 5) is 5.99. The van der Waals surface area contributed by atoms with E-state index < -0.39 is 0 Å². The van der Waals surface area contributed by atoms with Crippen molar-refractivity contribution in [2.75, 3.05) is 19.0 Å².